The lowest BCUT2D eigenvalue weighted by Gasteiger charge is -2.09. The first-order chi connectivity index (χ1) is 9.88. The lowest BCUT2D eigenvalue weighted by molar-refractivity contribution is -0.137. The first kappa shape index (κ1) is 15.1. The van der Waals surface area contributed by atoms with Crippen LogP contribution in [-0.4, -0.2) is 9.97 Å². The zero-order valence-corrected chi connectivity index (χ0v) is 11.3. The quantitative estimate of drug-likeness (QED) is 0.912. The van der Waals surface area contributed by atoms with Crippen LogP contribution in [0, 0.1) is 0 Å². The van der Waals surface area contributed by atoms with Crippen molar-refractivity contribution in [3.8, 4) is 0 Å². The number of alkyl halides is 3. The first-order valence-electron chi connectivity index (χ1n) is 6.38. The zero-order chi connectivity index (χ0) is 15.5. The Morgan fingerprint density at radius 2 is 1.90 bits per heavy atom. The fourth-order valence-corrected chi connectivity index (χ4v) is 1.79. The van der Waals surface area contributed by atoms with Gasteiger partial charge in [-0.3, -0.25) is 4.79 Å². The van der Waals surface area contributed by atoms with Crippen LogP contribution in [0.2, 0.25) is 0 Å². The molecular formula is C14H14F3N3O. The van der Waals surface area contributed by atoms with Gasteiger partial charge in [0, 0.05) is 18.2 Å². The van der Waals surface area contributed by atoms with E-state index >= 15 is 0 Å². The van der Waals surface area contributed by atoms with E-state index in [0.717, 1.165) is 12.1 Å². The normalized spacial score (nSPS) is 11.4. The molecule has 0 atom stereocenters. The molecule has 0 aliphatic carbocycles. The van der Waals surface area contributed by atoms with Gasteiger partial charge in [-0.05, 0) is 24.3 Å². The number of aryl methyl sites for hydroxylation is 1. The maximum absolute atomic E-state index is 12.4. The molecule has 0 unspecified atom stereocenters. The number of aromatic amines is 1. The molecule has 0 radical (unpaired) electrons. The number of benzene rings is 1. The van der Waals surface area contributed by atoms with Gasteiger partial charge in [-0.15, -0.1) is 0 Å². The molecule has 0 saturated carbocycles. The maximum atomic E-state index is 12.4. The van der Waals surface area contributed by atoms with Crippen molar-refractivity contribution in [3.05, 3.63) is 57.8 Å². The second-order valence-electron chi connectivity index (χ2n) is 4.47. The first-order valence-corrected chi connectivity index (χ1v) is 6.38. The summed E-state index contributed by atoms with van der Waals surface area (Å²) in [6, 6.07) is 6.06. The van der Waals surface area contributed by atoms with Crippen LogP contribution in [0.3, 0.4) is 0 Å². The number of nitrogens with one attached hydrogen (secondary N) is 2. The largest absolute Gasteiger partial charge is 0.416 e. The fraction of sp³-hybridized carbons (Fsp3) is 0.286. The predicted molar refractivity (Wildman–Crippen MR) is 73.0 cm³/mol. The molecule has 0 spiro atoms. The van der Waals surface area contributed by atoms with Gasteiger partial charge in [-0.25, -0.2) is 4.98 Å². The summed E-state index contributed by atoms with van der Waals surface area (Å²) in [6.45, 7) is 2.13. The summed E-state index contributed by atoms with van der Waals surface area (Å²) >= 11 is 0. The summed E-state index contributed by atoms with van der Waals surface area (Å²) < 4.78 is 37.3. The Hall–Kier alpha value is -2.31. The van der Waals surface area contributed by atoms with Crippen LogP contribution in [0.4, 0.5) is 18.9 Å². The van der Waals surface area contributed by atoms with Gasteiger partial charge >= 0.3 is 6.18 Å². The smallest absolute Gasteiger partial charge is 0.379 e. The molecule has 2 rings (SSSR count). The lowest BCUT2D eigenvalue weighted by Crippen LogP contribution is -2.14. The molecule has 2 N–H and O–H groups in total. The van der Waals surface area contributed by atoms with Gasteiger partial charge in [0.1, 0.15) is 5.82 Å². The molecule has 112 valence electrons. The predicted octanol–water partition coefficient (Wildman–Crippen LogP) is 2.96. The van der Waals surface area contributed by atoms with Crippen molar-refractivity contribution >= 4 is 5.69 Å². The van der Waals surface area contributed by atoms with Crippen LogP contribution >= 0.6 is 0 Å². The Labute approximate surface area is 119 Å². The van der Waals surface area contributed by atoms with Crippen LogP contribution in [0.25, 0.3) is 0 Å². The minimum atomic E-state index is -4.34. The number of anilines is 1. The van der Waals surface area contributed by atoms with E-state index in [1.807, 2.05) is 6.92 Å². The minimum absolute atomic E-state index is 0.244. The summed E-state index contributed by atoms with van der Waals surface area (Å²) in [6.07, 6.45) is -3.74. The molecule has 0 bridgehead atoms. The highest BCUT2D eigenvalue weighted by Crippen LogP contribution is 2.29. The van der Waals surface area contributed by atoms with Gasteiger partial charge in [0.05, 0.1) is 17.8 Å². The molecular weight excluding hydrogens is 283 g/mol. The monoisotopic (exact) mass is 297 g/mol. The topological polar surface area (TPSA) is 57.8 Å². The SMILES string of the molecule is CCc1nc(CNc2ccc(C(F)(F)F)cc2)cc(=O)[nH]1. The van der Waals surface area contributed by atoms with Gasteiger partial charge < -0.3 is 10.3 Å². The summed E-state index contributed by atoms with van der Waals surface area (Å²) in [5, 5.41) is 2.94. The Balaban J connectivity index is 2.06. The van der Waals surface area contributed by atoms with E-state index in [1.165, 1.54) is 18.2 Å². The highest BCUT2D eigenvalue weighted by molar-refractivity contribution is 5.45. The van der Waals surface area contributed by atoms with E-state index in [0.29, 0.717) is 23.6 Å². The average molecular weight is 297 g/mol. The number of H-pyrrole nitrogens is 1. The second kappa shape index (κ2) is 5.99. The molecule has 1 heterocycles. The molecule has 0 saturated heterocycles. The maximum Gasteiger partial charge on any atom is 0.416 e. The molecule has 0 amide bonds. The Morgan fingerprint density at radius 3 is 2.48 bits per heavy atom. The van der Waals surface area contributed by atoms with E-state index in [1.54, 1.807) is 0 Å². The molecule has 2 aromatic rings. The molecule has 4 nitrogen and oxygen atoms in total. The van der Waals surface area contributed by atoms with Gasteiger partial charge in [-0.1, -0.05) is 6.92 Å². The number of halogens is 3. The van der Waals surface area contributed by atoms with Crippen LogP contribution in [0.1, 0.15) is 24.0 Å². The second-order valence-corrected chi connectivity index (χ2v) is 4.47. The van der Waals surface area contributed by atoms with Crippen LogP contribution < -0.4 is 10.9 Å². The van der Waals surface area contributed by atoms with Crippen LogP contribution in [-0.2, 0) is 19.1 Å². The molecule has 0 aliphatic rings. The molecule has 7 heteroatoms. The summed E-state index contributed by atoms with van der Waals surface area (Å²) in [5.74, 6) is 0.576. The molecule has 1 aromatic carbocycles. The third-order valence-corrected chi connectivity index (χ3v) is 2.86. The molecule has 21 heavy (non-hydrogen) atoms. The van der Waals surface area contributed by atoms with E-state index in [-0.39, 0.29) is 12.1 Å². The van der Waals surface area contributed by atoms with Crippen LogP contribution in [0.5, 0.6) is 0 Å². The summed E-state index contributed by atoms with van der Waals surface area (Å²) in [4.78, 5) is 18.2. The average Bonchev–Trinajstić information content (AvgIpc) is 2.44. The Bertz CT molecular complexity index is 662. The Morgan fingerprint density at radius 1 is 1.24 bits per heavy atom. The third kappa shape index (κ3) is 4.08. The zero-order valence-electron chi connectivity index (χ0n) is 11.3. The highest BCUT2D eigenvalue weighted by atomic mass is 19.4. The molecule has 0 aliphatic heterocycles. The van der Waals surface area contributed by atoms with Crippen molar-refractivity contribution in [1.82, 2.24) is 9.97 Å². The van der Waals surface area contributed by atoms with Gasteiger partial charge in [0.2, 0.25) is 0 Å². The van der Waals surface area contributed by atoms with Gasteiger partial charge in [0.25, 0.3) is 5.56 Å². The lowest BCUT2D eigenvalue weighted by atomic mass is 10.2. The van der Waals surface area contributed by atoms with Crippen molar-refractivity contribution in [2.75, 3.05) is 5.32 Å². The molecule has 1 aromatic heterocycles. The fourth-order valence-electron chi connectivity index (χ4n) is 1.79. The Kier molecular flexibility index (Phi) is 4.30. The standard InChI is InChI=1S/C14H14F3N3O/c1-2-12-19-11(7-13(21)20-12)8-18-10-5-3-9(4-6-10)14(15,16)17/h3-7,18H,2,8H2,1H3,(H,19,20,21). The summed E-state index contributed by atoms with van der Waals surface area (Å²) in [5.41, 5.74) is 0.125. The van der Waals surface area contributed by atoms with Crippen molar-refractivity contribution in [2.24, 2.45) is 0 Å². The van der Waals surface area contributed by atoms with Crippen molar-refractivity contribution in [1.29, 1.82) is 0 Å². The van der Waals surface area contributed by atoms with E-state index in [9.17, 15) is 18.0 Å². The number of rotatable bonds is 4. The molecule has 0 fully saturated rings. The number of aromatic nitrogens is 2. The van der Waals surface area contributed by atoms with Crippen molar-refractivity contribution in [2.45, 2.75) is 26.1 Å². The van der Waals surface area contributed by atoms with E-state index in [4.69, 9.17) is 0 Å². The number of hydrogen-bond donors (Lipinski definition) is 2. The van der Waals surface area contributed by atoms with E-state index < -0.39 is 11.7 Å². The summed E-state index contributed by atoms with van der Waals surface area (Å²) in [7, 11) is 0. The van der Waals surface area contributed by atoms with Crippen molar-refractivity contribution in [3.63, 3.8) is 0 Å². The third-order valence-electron chi connectivity index (χ3n) is 2.86. The van der Waals surface area contributed by atoms with Gasteiger partial charge in [-0.2, -0.15) is 13.2 Å². The highest BCUT2D eigenvalue weighted by Gasteiger charge is 2.29. The number of hydrogen-bond acceptors (Lipinski definition) is 3. The van der Waals surface area contributed by atoms with Crippen molar-refractivity contribution < 1.29 is 13.2 Å². The van der Waals surface area contributed by atoms with Crippen LogP contribution in [0.15, 0.2) is 35.1 Å². The minimum Gasteiger partial charge on any atom is -0.379 e. The van der Waals surface area contributed by atoms with Gasteiger partial charge in [0.15, 0.2) is 0 Å². The number of nitrogens with zero attached hydrogens (tertiary/aromatic N) is 1. The van der Waals surface area contributed by atoms with E-state index in [2.05, 4.69) is 15.3 Å².